The van der Waals surface area contributed by atoms with Crippen LogP contribution in [0.3, 0.4) is 0 Å². The van der Waals surface area contributed by atoms with Crippen LogP contribution in [-0.4, -0.2) is 67.5 Å². The Balaban J connectivity index is 1.27. The number of nitrogens with one attached hydrogen (secondary N) is 2. The van der Waals surface area contributed by atoms with Gasteiger partial charge in [0.1, 0.15) is 11.8 Å². The summed E-state index contributed by atoms with van der Waals surface area (Å²) < 4.78 is 3.54. The van der Waals surface area contributed by atoms with Gasteiger partial charge in [0.15, 0.2) is 0 Å². The molecule has 1 amide bonds. The molecule has 0 bridgehead atoms. The van der Waals surface area contributed by atoms with E-state index in [2.05, 4.69) is 26.7 Å². The molecule has 1 aromatic carbocycles. The summed E-state index contributed by atoms with van der Waals surface area (Å²) in [6, 6.07) is 11.9. The highest BCUT2D eigenvalue weighted by molar-refractivity contribution is 6.05. The second kappa shape index (κ2) is 8.95. The topological polar surface area (TPSA) is 124 Å². The number of benzene rings is 1. The van der Waals surface area contributed by atoms with E-state index in [0.29, 0.717) is 40.1 Å². The molecule has 0 spiro atoms. The fraction of sp³-hybridized carbons (Fsp3) is 0.407. The van der Waals surface area contributed by atoms with E-state index in [9.17, 15) is 9.90 Å². The van der Waals surface area contributed by atoms with Gasteiger partial charge in [0.05, 0.1) is 34.4 Å². The molecule has 0 unspecified atom stereocenters. The number of nitrogens with zero attached hydrogens (tertiary/aromatic N) is 6. The molecule has 190 valence electrons. The van der Waals surface area contributed by atoms with Crippen LogP contribution >= 0.6 is 0 Å². The van der Waals surface area contributed by atoms with E-state index in [1.165, 1.54) is 10.7 Å². The van der Waals surface area contributed by atoms with E-state index in [4.69, 9.17) is 10.4 Å². The number of fused-ring (bicyclic) bond motifs is 2. The maximum Gasteiger partial charge on any atom is 0.274 e. The predicted octanol–water partition coefficient (Wildman–Crippen LogP) is 2.64. The van der Waals surface area contributed by atoms with Crippen molar-refractivity contribution < 1.29 is 9.90 Å². The van der Waals surface area contributed by atoms with Crippen LogP contribution in [0.15, 0.2) is 42.7 Å². The zero-order valence-electron chi connectivity index (χ0n) is 21.0. The second-order valence-electron chi connectivity index (χ2n) is 10.6. The molecule has 37 heavy (non-hydrogen) atoms. The highest BCUT2D eigenvalue weighted by Crippen LogP contribution is 2.38. The average Bonchev–Trinajstić information content (AvgIpc) is 3.46. The first-order chi connectivity index (χ1) is 17.8. The number of hydrogen-bond acceptors (Lipinski definition) is 7. The molecular weight excluding hydrogens is 468 g/mol. The zero-order chi connectivity index (χ0) is 25.7. The lowest BCUT2D eigenvalue weighted by Crippen LogP contribution is -2.53. The van der Waals surface area contributed by atoms with Gasteiger partial charge < -0.3 is 15.7 Å². The van der Waals surface area contributed by atoms with E-state index in [-0.39, 0.29) is 5.91 Å². The predicted molar refractivity (Wildman–Crippen MR) is 139 cm³/mol. The Kier molecular flexibility index (Phi) is 5.71. The monoisotopic (exact) mass is 498 g/mol. The van der Waals surface area contributed by atoms with E-state index >= 15 is 0 Å². The van der Waals surface area contributed by atoms with Crippen LogP contribution < -0.4 is 10.6 Å². The molecule has 3 N–H and O–H groups in total. The zero-order valence-corrected chi connectivity index (χ0v) is 21.0. The van der Waals surface area contributed by atoms with E-state index in [1.54, 1.807) is 32.0 Å². The van der Waals surface area contributed by atoms with Crippen molar-refractivity contribution in [2.75, 3.05) is 31.5 Å². The number of amides is 1. The van der Waals surface area contributed by atoms with Crippen LogP contribution in [-0.2, 0) is 5.60 Å². The summed E-state index contributed by atoms with van der Waals surface area (Å²) in [5, 5.41) is 36.4. The number of carbonyl (C=O) groups is 1. The SMILES string of the molecule is CC(C)(O)c1cc2nn(C3CC(N4CCNCC4)C3)cc2cc1NC(=O)c1ccc2cc(C#N)cnn12. The molecule has 0 radical (unpaired) electrons. The lowest BCUT2D eigenvalue weighted by atomic mass is 9.85. The number of aromatic nitrogens is 4. The Hall–Kier alpha value is -3.78. The smallest absolute Gasteiger partial charge is 0.274 e. The molecule has 1 aliphatic heterocycles. The molecule has 6 rings (SSSR count). The van der Waals surface area contributed by atoms with Crippen LogP contribution in [0.4, 0.5) is 5.69 Å². The summed E-state index contributed by atoms with van der Waals surface area (Å²) >= 11 is 0. The van der Waals surface area contributed by atoms with Gasteiger partial charge in [-0.05, 0) is 57.0 Å². The summed E-state index contributed by atoms with van der Waals surface area (Å²) in [5.41, 5.74) is 2.14. The number of hydrogen-bond donors (Lipinski definition) is 3. The maximum absolute atomic E-state index is 13.3. The summed E-state index contributed by atoms with van der Waals surface area (Å²) in [4.78, 5) is 15.8. The Morgan fingerprint density at radius 2 is 1.97 bits per heavy atom. The molecule has 1 saturated heterocycles. The van der Waals surface area contributed by atoms with Crippen molar-refractivity contribution in [1.29, 1.82) is 5.26 Å². The molecule has 10 nitrogen and oxygen atoms in total. The Morgan fingerprint density at radius 1 is 1.19 bits per heavy atom. The van der Waals surface area contributed by atoms with Crippen molar-refractivity contribution in [2.24, 2.45) is 0 Å². The highest BCUT2D eigenvalue weighted by Gasteiger charge is 2.36. The van der Waals surface area contributed by atoms with Crippen molar-refractivity contribution >= 4 is 28.0 Å². The van der Waals surface area contributed by atoms with Gasteiger partial charge in [-0.1, -0.05) is 0 Å². The van der Waals surface area contributed by atoms with Crippen molar-refractivity contribution in [2.45, 2.75) is 44.4 Å². The third kappa shape index (κ3) is 4.35. The fourth-order valence-electron chi connectivity index (χ4n) is 5.43. The van der Waals surface area contributed by atoms with Gasteiger partial charge in [0.2, 0.25) is 0 Å². The van der Waals surface area contributed by atoms with Gasteiger partial charge in [-0.2, -0.15) is 15.5 Å². The lowest BCUT2D eigenvalue weighted by molar-refractivity contribution is 0.0677. The average molecular weight is 499 g/mol. The number of carbonyl (C=O) groups excluding carboxylic acids is 1. The van der Waals surface area contributed by atoms with Crippen LogP contribution in [0.1, 0.15) is 54.3 Å². The van der Waals surface area contributed by atoms with Crippen molar-refractivity contribution in [3.63, 3.8) is 0 Å². The first kappa shape index (κ1) is 23.6. The Labute approximate surface area is 214 Å². The third-order valence-electron chi connectivity index (χ3n) is 7.56. The standard InChI is InChI=1S/C27H30N8O2/c1-27(2,37)22-13-23-18(16-34(32-23)21-11-20(12-21)33-7-5-29-6-8-33)10-24(22)31-26(36)25-4-3-19-9-17(14-28)15-30-35(19)25/h3-4,9-10,13,15-16,20-21,29,37H,5-8,11-12H2,1-2H3,(H,31,36). The maximum atomic E-state index is 13.3. The number of anilines is 1. The van der Waals surface area contributed by atoms with Crippen LogP contribution in [0, 0.1) is 11.3 Å². The van der Waals surface area contributed by atoms with Crippen molar-refractivity contribution in [3.05, 3.63) is 59.5 Å². The van der Waals surface area contributed by atoms with Crippen molar-refractivity contribution in [3.8, 4) is 6.07 Å². The van der Waals surface area contributed by atoms with Crippen LogP contribution in [0.25, 0.3) is 16.4 Å². The van der Waals surface area contributed by atoms with E-state index < -0.39 is 5.60 Å². The molecule has 2 aliphatic rings. The number of rotatable bonds is 5. The second-order valence-corrected chi connectivity index (χ2v) is 10.6. The Bertz CT molecular complexity index is 1530. The first-order valence-corrected chi connectivity index (χ1v) is 12.7. The summed E-state index contributed by atoms with van der Waals surface area (Å²) in [7, 11) is 0. The minimum atomic E-state index is -1.19. The quantitative estimate of drug-likeness (QED) is 0.386. The number of aliphatic hydroxyl groups is 1. The van der Waals surface area contributed by atoms with E-state index in [0.717, 1.165) is 49.9 Å². The van der Waals surface area contributed by atoms with Crippen molar-refractivity contribution in [1.82, 2.24) is 29.6 Å². The normalized spacial score (nSPS) is 20.6. The van der Waals surface area contributed by atoms with Gasteiger partial charge in [0.25, 0.3) is 5.91 Å². The Morgan fingerprint density at radius 3 is 2.70 bits per heavy atom. The minimum absolute atomic E-state index is 0.338. The fourth-order valence-corrected chi connectivity index (χ4v) is 5.43. The number of piperazine rings is 1. The molecule has 4 aromatic rings. The third-order valence-corrected chi connectivity index (χ3v) is 7.56. The summed E-state index contributed by atoms with van der Waals surface area (Å²) in [6.07, 6.45) is 5.63. The van der Waals surface area contributed by atoms with Gasteiger partial charge >= 0.3 is 0 Å². The van der Waals surface area contributed by atoms with E-state index in [1.807, 2.05) is 23.0 Å². The van der Waals surface area contributed by atoms with Crippen LogP contribution in [0.5, 0.6) is 0 Å². The molecule has 1 saturated carbocycles. The summed E-state index contributed by atoms with van der Waals surface area (Å²) in [6.45, 7) is 7.70. The first-order valence-electron chi connectivity index (χ1n) is 12.7. The molecule has 0 atom stereocenters. The van der Waals surface area contributed by atoms with Gasteiger partial charge in [-0.25, -0.2) is 4.52 Å². The molecule has 2 fully saturated rings. The number of nitriles is 1. The largest absolute Gasteiger partial charge is 0.386 e. The van der Waals surface area contributed by atoms with Gasteiger partial charge in [0, 0.05) is 55.1 Å². The minimum Gasteiger partial charge on any atom is -0.386 e. The molecular formula is C27H30N8O2. The van der Waals surface area contributed by atoms with Crippen LogP contribution in [0.2, 0.25) is 0 Å². The summed E-state index contributed by atoms with van der Waals surface area (Å²) in [5.74, 6) is -0.354. The molecule has 4 heterocycles. The molecule has 1 aliphatic carbocycles. The molecule has 3 aromatic heterocycles. The molecule has 10 heteroatoms. The lowest BCUT2D eigenvalue weighted by Gasteiger charge is -2.44. The van der Waals surface area contributed by atoms with Gasteiger partial charge in [-0.15, -0.1) is 0 Å². The van der Waals surface area contributed by atoms with Gasteiger partial charge in [-0.3, -0.25) is 14.4 Å². The highest BCUT2D eigenvalue weighted by atomic mass is 16.3.